The summed E-state index contributed by atoms with van der Waals surface area (Å²) < 4.78 is 0.908. The fraction of sp³-hybridized carbons (Fsp3) is 0.133. The minimum absolute atomic E-state index is 0.296. The van der Waals surface area contributed by atoms with Crippen LogP contribution in [0.2, 0.25) is 0 Å². The van der Waals surface area contributed by atoms with Gasteiger partial charge in [-0.2, -0.15) is 0 Å². The van der Waals surface area contributed by atoms with E-state index in [1.165, 1.54) is 11.3 Å². The van der Waals surface area contributed by atoms with Crippen LogP contribution in [0.1, 0.15) is 21.1 Å². The van der Waals surface area contributed by atoms with Gasteiger partial charge in [-0.25, -0.2) is 14.8 Å². The lowest BCUT2D eigenvalue weighted by atomic mass is 10.2. The van der Waals surface area contributed by atoms with Crippen LogP contribution in [0.3, 0.4) is 0 Å². The van der Waals surface area contributed by atoms with Crippen LogP contribution in [0.15, 0.2) is 28.7 Å². The van der Waals surface area contributed by atoms with E-state index in [1.807, 2.05) is 24.3 Å². The summed E-state index contributed by atoms with van der Waals surface area (Å²) in [6, 6.07) is 7.69. The van der Waals surface area contributed by atoms with Crippen molar-refractivity contribution >= 4 is 55.0 Å². The Hall–Kier alpha value is -1.99. The Labute approximate surface area is 139 Å². The summed E-state index contributed by atoms with van der Waals surface area (Å²) in [6.07, 6.45) is 0. The Morgan fingerprint density at radius 1 is 1.27 bits per heavy atom. The van der Waals surface area contributed by atoms with Crippen molar-refractivity contribution in [2.45, 2.75) is 13.8 Å². The number of halogens is 1. The van der Waals surface area contributed by atoms with E-state index >= 15 is 0 Å². The van der Waals surface area contributed by atoms with Gasteiger partial charge in [0.05, 0.1) is 11.1 Å². The Morgan fingerprint density at radius 3 is 2.68 bits per heavy atom. The molecular weight excluding hydrogens is 366 g/mol. The molecule has 5 nitrogen and oxygen atoms in total. The summed E-state index contributed by atoms with van der Waals surface area (Å²) in [7, 11) is 0. The molecule has 0 bridgehead atoms. The Balaban J connectivity index is 2.20. The molecule has 2 N–H and O–H groups in total. The standard InChI is InChI=1S/C15H12BrN3O2S/c1-7-11-13(19-10-6-4-3-5-9(10)16)17-8(2)18-14(11)22-12(7)15(20)21/h3-6H,1-2H3,(H,20,21)(H,17,18,19). The van der Waals surface area contributed by atoms with Gasteiger partial charge in [-0.1, -0.05) is 12.1 Å². The van der Waals surface area contributed by atoms with E-state index in [0.29, 0.717) is 26.9 Å². The monoisotopic (exact) mass is 377 g/mol. The third-order valence-electron chi connectivity index (χ3n) is 3.22. The fourth-order valence-corrected chi connectivity index (χ4v) is 3.68. The SMILES string of the molecule is Cc1nc(Nc2ccccc2Br)c2c(C)c(C(=O)O)sc2n1. The maximum Gasteiger partial charge on any atom is 0.346 e. The van der Waals surface area contributed by atoms with Gasteiger partial charge in [0.1, 0.15) is 21.3 Å². The number of nitrogens with one attached hydrogen (secondary N) is 1. The molecule has 2 aromatic heterocycles. The maximum absolute atomic E-state index is 11.3. The summed E-state index contributed by atoms with van der Waals surface area (Å²) in [6.45, 7) is 3.58. The number of hydrogen-bond donors (Lipinski definition) is 2. The number of aromatic nitrogens is 2. The quantitative estimate of drug-likeness (QED) is 0.701. The molecule has 0 unspecified atom stereocenters. The first-order valence-electron chi connectivity index (χ1n) is 6.50. The van der Waals surface area contributed by atoms with Crippen molar-refractivity contribution in [3.8, 4) is 0 Å². The molecule has 2 heterocycles. The van der Waals surface area contributed by atoms with Gasteiger partial charge in [-0.05, 0) is 47.5 Å². The van der Waals surface area contributed by atoms with Crippen molar-refractivity contribution in [1.29, 1.82) is 0 Å². The van der Waals surface area contributed by atoms with E-state index in [0.717, 1.165) is 15.5 Å². The number of thiophene rings is 1. The number of nitrogens with zero attached hydrogens (tertiary/aromatic N) is 2. The molecule has 0 saturated heterocycles. The Kier molecular flexibility index (Phi) is 3.84. The number of fused-ring (bicyclic) bond motifs is 1. The molecule has 0 fully saturated rings. The lowest BCUT2D eigenvalue weighted by Gasteiger charge is -2.10. The van der Waals surface area contributed by atoms with Gasteiger partial charge in [-0.15, -0.1) is 11.3 Å². The summed E-state index contributed by atoms with van der Waals surface area (Å²) >= 11 is 4.66. The van der Waals surface area contributed by atoms with Crippen LogP contribution in [-0.2, 0) is 0 Å². The van der Waals surface area contributed by atoms with Crippen molar-refractivity contribution in [2.75, 3.05) is 5.32 Å². The van der Waals surface area contributed by atoms with Gasteiger partial charge in [-0.3, -0.25) is 0 Å². The highest BCUT2D eigenvalue weighted by Crippen LogP contribution is 2.36. The van der Waals surface area contributed by atoms with Crippen LogP contribution >= 0.6 is 27.3 Å². The summed E-state index contributed by atoms with van der Waals surface area (Å²) in [4.78, 5) is 21.1. The lowest BCUT2D eigenvalue weighted by Crippen LogP contribution is -1.99. The van der Waals surface area contributed by atoms with Gasteiger partial charge in [0.2, 0.25) is 0 Å². The number of aryl methyl sites for hydroxylation is 2. The summed E-state index contributed by atoms with van der Waals surface area (Å²) in [5, 5.41) is 13.3. The predicted molar refractivity (Wildman–Crippen MR) is 91.3 cm³/mol. The van der Waals surface area contributed by atoms with E-state index in [9.17, 15) is 9.90 Å². The molecule has 0 amide bonds. The first-order valence-corrected chi connectivity index (χ1v) is 8.11. The molecule has 0 saturated carbocycles. The molecule has 7 heteroatoms. The number of carboxylic acid groups (broad SMARTS) is 1. The van der Waals surface area contributed by atoms with Crippen molar-refractivity contribution in [3.05, 3.63) is 45.0 Å². The zero-order valence-electron chi connectivity index (χ0n) is 11.8. The number of aromatic carboxylic acids is 1. The van der Waals surface area contributed by atoms with E-state index in [2.05, 4.69) is 31.2 Å². The third-order valence-corrected chi connectivity index (χ3v) is 5.09. The van der Waals surface area contributed by atoms with Crippen molar-refractivity contribution in [3.63, 3.8) is 0 Å². The molecule has 3 aromatic rings. The molecule has 22 heavy (non-hydrogen) atoms. The second kappa shape index (κ2) is 5.66. The second-order valence-corrected chi connectivity index (χ2v) is 6.62. The molecule has 0 spiro atoms. The van der Waals surface area contributed by atoms with E-state index in [1.54, 1.807) is 13.8 Å². The zero-order valence-corrected chi connectivity index (χ0v) is 14.2. The smallest absolute Gasteiger partial charge is 0.346 e. The minimum Gasteiger partial charge on any atom is -0.477 e. The van der Waals surface area contributed by atoms with E-state index in [-0.39, 0.29) is 0 Å². The highest BCUT2D eigenvalue weighted by molar-refractivity contribution is 9.10. The second-order valence-electron chi connectivity index (χ2n) is 4.77. The molecule has 0 aliphatic rings. The molecule has 0 aliphatic carbocycles. The number of anilines is 2. The lowest BCUT2D eigenvalue weighted by molar-refractivity contribution is 0.0701. The van der Waals surface area contributed by atoms with Crippen molar-refractivity contribution in [2.24, 2.45) is 0 Å². The van der Waals surface area contributed by atoms with E-state index in [4.69, 9.17) is 0 Å². The number of hydrogen-bond acceptors (Lipinski definition) is 5. The van der Waals surface area contributed by atoms with Crippen LogP contribution in [0.25, 0.3) is 10.2 Å². The van der Waals surface area contributed by atoms with Crippen LogP contribution < -0.4 is 5.32 Å². The highest BCUT2D eigenvalue weighted by atomic mass is 79.9. The number of carboxylic acids is 1. The largest absolute Gasteiger partial charge is 0.477 e. The summed E-state index contributed by atoms with van der Waals surface area (Å²) in [5.41, 5.74) is 1.55. The Bertz CT molecular complexity index is 892. The number of carbonyl (C=O) groups is 1. The van der Waals surface area contributed by atoms with E-state index < -0.39 is 5.97 Å². The fourth-order valence-electron chi connectivity index (χ4n) is 2.23. The zero-order chi connectivity index (χ0) is 15.9. The van der Waals surface area contributed by atoms with Gasteiger partial charge < -0.3 is 10.4 Å². The molecular formula is C15H12BrN3O2S. The molecule has 112 valence electrons. The molecule has 0 atom stereocenters. The van der Waals surface area contributed by atoms with Gasteiger partial charge >= 0.3 is 5.97 Å². The van der Waals surface area contributed by atoms with Crippen LogP contribution in [0, 0.1) is 13.8 Å². The predicted octanol–water partition coefficient (Wildman–Crippen LogP) is 4.51. The first-order chi connectivity index (χ1) is 10.5. The first kappa shape index (κ1) is 14.9. The molecule has 3 rings (SSSR count). The van der Waals surface area contributed by atoms with Crippen molar-refractivity contribution in [1.82, 2.24) is 9.97 Å². The number of rotatable bonds is 3. The number of benzene rings is 1. The van der Waals surface area contributed by atoms with Gasteiger partial charge in [0, 0.05) is 4.47 Å². The van der Waals surface area contributed by atoms with Crippen LogP contribution in [-0.4, -0.2) is 21.0 Å². The maximum atomic E-state index is 11.3. The Morgan fingerprint density at radius 2 is 2.00 bits per heavy atom. The van der Waals surface area contributed by atoms with Gasteiger partial charge in [0.15, 0.2) is 0 Å². The van der Waals surface area contributed by atoms with Gasteiger partial charge in [0.25, 0.3) is 0 Å². The van der Waals surface area contributed by atoms with Crippen LogP contribution in [0.4, 0.5) is 11.5 Å². The topological polar surface area (TPSA) is 75.1 Å². The van der Waals surface area contributed by atoms with Crippen molar-refractivity contribution < 1.29 is 9.90 Å². The van der Waals surface area contributed by atoms with Crippen LogP contribution in [0.5, 0.6) is 0 Å². The summed E-state index contributed by atoms with van der Waals surface area (Å²) in [5.74, 6) is 0.279. The number of para-hydroxylation sites is 1. The molecule has 1 aromatic carbocycles. The molecule has 0 aliphatic heterocycles. The highest BCUT2D eigenvalue weighted by Gasteiger charge is 2.19. The third kappa shape index (κ3) is 2.57. The minimum atomic E-state index is -0.940. The normalized spacial score (nSPS) is 10.9. The average molecular weight is 378 g/mol. The molecule has 0 radical (unpaired) electrons. The average Bonchev–Trinajstić information content (AvgIpc) is 2.78.